The molecule has 0 aliphatic rings. The second-order valence-corrected chi connectivity index (χ2v) is 6.98. The van der Waals surface area contributed by atoms with Crippen molar-refractivity contribution in [2.45, 2.75) is 19.9 Å². The molecule has 0 aliphatic heterocycles. The Morgan fingerprint density at radius 2 is 1.96 bits per heavy atom. The highest BCUT2D eigenvalue weighted by Gasteiger charge is 2.19. The molecule has 9 heteroatoms. The molecule has 0 N–H and O–H groups in total. The van der Waals surface area contributed by atoms with Crippen LogP contribution in [-0.2, 0) is 13.6 Å². The summed E-state index contributed by atoms with van der Waals surface area (Å²) >= 11 is 0.821. The van der Waals surface area contributed by atoms with Crippen molar-refractivity contribution in [1.82, 2.24) is 23.9 Å². The number of hydrogen-bond acceptors (Lipinski definition) is 4. The highest BCUT2D eigenvalue weighted by molar-refractivity contribution is 7.14. The first-order valence-electron chi connectivity index (χ1n) is 7.89. The number of imidazole rings is 1. The van der Waals surface area contributed by atoms with E-state index in [9.17, 15) is 13.6 Å². The van der Waals surface area contributed by atoms with Gasteiger partial charge in [0.2, 0.25) is 0 Å². The number of para-hydroxylation sites is 2. The van der Waals surface area contributed by atoms with Crippen molar-refractivity contribution in [3.05, 3.63) is 63.3 Å². The summed E-state index contributed by atoms with van der Waals surface area (Å²) in [6, 6.07) is 9.17. The lowest BCUT2D eigenvalue weighted by molar-refractivity contribution is 0.155. The summed E-state index contributed by atoms with van der Waals surface area (Å²) in [5.74, 6) is 0. The van der Waals surface area contributed by atoms with Crippen molar-refractivity contribution in [2.24, 2.45) is 7.05 Å². The van der Waals surface area contributed by atoms with Crippen LogP contribution in [0.5, 0.6) is 0 Å². The Labute approximate surface area is 150 Å². The quantitative estimate of drug-likeness (QED) is 0.550. The van der Waals surface area contributed by atoms with Crippen molar-refractivity contribution in [3.8, 4) is 5.13 Å². The fourth-order valence-corrected chi connectivity index (χ4v) is 3.78. The summed E-state index contributed by atoms with van der Waals surface area (Å²) in [5, 5.41) is 4.54. The summed E-state index contributed by atoms with van der Waals surface area (Å²) in [5.41, 5.74) is 2.76. The Kier molecular flexibility index (Phi) is 3.95. The van der Waals surface area contributed by atoms with Gasteiger partial charge >= 0.3 is 5.69 Å². The van der Waals surface area contributed by atoms with E-state index in [1.54, 1.807) is 21.4 Å². The van der Waals surface area contributed by atoms with E-state index in [4.69, 9.17) is 0 Å². The molecule has 0 radical (unpaired) electrons. The molecule has 3 aromatic heterocycles. The number of aryl methyl sites for hydroxylation is 2. The number of fused-ring (bicyclic) bond motifs is 1. The fraction of sp³-hybridized carbons (Fsp3) is 0.235. The Balaban J connectivity index is 1.90. The second-order valence-electron chi connectivity index (χ2n) is 5.94. The zero-order valence-corrected chi connectivity index (χ0v) is 14.9. The zero-order valence-electron chi connectivity index (χ0n) is 14.1. The average Bonchev–Trinajstić information content (AvgIpc) is 3.26. The number of nitrogens with zero attached hydrogens (tertiary/aromatic N) is 5. The summed E-state index contributed by atoms with van der Waals surface area (Å²) in [6.07, 6.45) is -1.49. The van der Waals surface area contributed by atoms with Gasteiger partial charge in [-0.15, -0.1) is 0 Å². The number of halogens is 2. The summed E-state index contributed by atoms with van der Waals surface area (Å²) in [6.45, 7) is 2.22. The molecule has 0 saturated carbocycles. The van der Waals surface area contributed by atoms with Crippen LogP contribution < -0.4 is 5.69 Å². The van der Waals surface area contributed by atoms with E-state index >= 15 is 0 Å². The normalized spacial score (nSPS) is 11.7. The van der Waals surface area contributed by atoms with Crippen LogP contribution in [0.15, 0.2) is 41.3 Å². The summed E-state index contributed by atoms with van der Waals surface area (Å²) in [4.78, 5) is 16.9. The molecule has 0 saturated heterocycles. The van der Waals surface area contributed by atoms with Crippen LogP contribution in [0.4, 0.5) is 8.78 Å². The molecule has 0 unspecified atom stereocenters. The third-order valence-electron chi connectivity index (χ3n) is 4.17. The van der Waals surface area contributed by atoms with Crippen LogP contribution in [0.25, 0.3) is 16.2 Å². The SMILES string of the molecule is Cc1cc(Cn2c(=O)n(-c3ncc(C(F)F)s3)c3ccccc32)n(C)n1. The Morgan fingerprint density at radius 1 is 1.23 bits per heavy atom. The van der Waals surface area contributed by atoms with Crippen LogP contribution in [0.2, 0.25) is 0 Å². The number of benzene rings is 1. The summed E-state index contributed by atoms with van der Waals surface area (Å²) < 4.78 is 30.6. The third-order valence-corrected chi connectivity index (χ3v) is 5.16. The molecule has 4 rings (SSSR count). The van der Waals surface area contributed by atoms with E-state index in [2.05, 4.69) is 10.1 Å². The maximum Gasteiger partial charge on any atom is 0.335 e. The van der Waals surface area contributed by atoms with Gasteiger partial charge in [0.05, 0.1) is 33.8 Å². The molecule has 134 valence electrons. The van der Waals surface area contributed by atoms with Crippen molar-refractivity contribution in [2.75, 3.05) is 0 Å². The minimum Gasteiger partial charge on any atom is -0.286 e. The van der Waals surface area contributed by atoms with Crippen LogP contribution in [0, 0.1) is 6.92 Å². The maximum atomic E-state index is 13.1. The molecule has 0 aliphatic carbocycles. The molecule has 6 nitrogen and oxygen atoms in total. The number of hydrogen-bond donors (Lipinski definition) is 0. The third kappa shape index (κ3) is 2.64. The van der Waals surface area contributed by atoms with Gasteiger partial charge in [-0.25, -0.2) is 23.1 Å². The summed E-state index contributed by atoms with van der Waals surface area (Å²) in [7, 11) is 1.82. The monoisotopic (exact) mass is 375 g/mol. The molecule has 0 atom stereocenters. The average molecular weight is 375 g/mol. The smallest absolute Gasteiger partial charge is 0.286 e. The lowest BCUT2D eigenvalue weighted by Gasteiger charge is -2.03. The second kappa shape index (κ2) is 6.17. The molecule has 0 bridgehead atoms. The Bertz CT molecular complexity index is 1150. The Morgan fingerprint density at radius 3 is 2.58 bits per heavy atom. The Hall–Kier alpha value is -2.81. The molecular formula is C17H15F2N5OS. The molecule has 4 aromatic rings. The molecule has 1 aromatic carbocycles. The molecule has 26 heavy (non-hydrogen) atoms. The standard InChI is InChI=1S/C17H15F2N5OS/c1-10-7-11(22(2)21-10)9-23-12-5-3-4-6-13(12)24(17(23)25)16-20-8-14(26-16)15(18)19/h3-8,15H,9H2,1-2H3. The first-order valence-corrected chi connectivity index (χ1v) is 8.71. The van der Waals surface area contributed by atoms with E-state index in [1.165, 1.54) is 4.57 Å². The van der Waals surface area contributed by atoms with E-state index in [0.717, 1.165) is 28.9 Å². The van der Waals surface area contributed by atoms with Crippen molar-refractivity contribution < 1.29 is 8.78 Å². The molecule has 0 spiro atoms. The first-order chi connectivity index (χ1) is 12.5. The van der Waals surface area contributed by atoms with Crippen LogP contribution >= 0.6 is 11.3 Å². The lowest BCUT2D eigenvalue weighted by atomic mass is 10.3. The molecular weight excluding hydrogens is 360 g/mol. The van der Waals surface area contributed by atoms with Gasteiger partial charge in [-0.05, 0) is 25.1 Å². The van der Waals surface area contributed by atoms with E-state index in [1.807, 2.05) is 32.2 Å². The minimum atomic E-state index is -2.61. The maximum absolute atomic E-state index is 13.1. The van der Waals surface area contributed by atoms with Gasteiger partial charge in [-0.1, -0.05) is 23.5 Å². The van der Waals surface area contributed by atoms with Crippen molar-refractivity contribution in [3.63, 3.8) is 0 Å². The molecule has 0 fully saturated rings. The van der Waals surface area contributed by atoms with Gasteiger partial charge in [0.25, 0.3) is 6.43 Å². The highest BCUT2D eigenvalue weighted by atomic mass is 32.1. The van der Waals surface area contributed by atoms with Crippen molar-refractivity contribution in [1.29, 1.82) is 0 Å². The zero-order chi connectivity index (χ0) is 18.4. The number of thiazole rings is 1. The van der Waals surface area contributed by atoms with Crippen molar-refractivity contribution >= 4 is 22.4 Å². The number of aromatic nitrogens is 5. The van der Waals surface area contributed by atoms with Crippen LogP contribution in [0.3, 0.4) is 0 Å². The number of alkyl halides is 2. The van der Waals surface area contributed by atoms with Crippen LogP contribution in [-0.4, -0.2) is 23.9 Å². The lowest BCUT2D eigenvalue weighted by Crippen LogP contribution is -2.24. The van der Waals surface area contributed by atoms with Gasteiger partial charge in [-0.3, -0.25) is 9.25 Å². The molecule has 3 heterocycles. The predicted molar refractivity (Wildman–Crippen MR) is 95.2 cm³/mol. The fourth-order valence-electron chi connectivity index (χ4n) is 3.00. The predicted octanol–water partition coefficient (Wildman–Crippen LogP) is 3.28. The number of rotatable bonds is 4. The largest absolute Gasteiger partial charge is 0.335 e. The van der Waals surface area contributed by atoms with Gasteiger partial charge < -0.3 is 0 Å². The van der Waals surface area contributed by atoms with Gasteiger partial charge in [-0.2, -0.15) is 5.10 Å². The van der Waals surface area contributed by atoms with Gasteiger partial charge in [0.1, 0.15) is 0 Å². The van der Waals surface area contributed by atoms with Gasteiger partial charge in [0.15, 0.2) is 5.13 Å². The van der Waals surface area contributed by atoms with Crippen LogP contribution in [0.1, 0.15) is 22.7 Å². The van der Waals surface area contributed by atoms with E-state index in [0.29, 0.717) is 17.6 Å². The van der Waals surface area contributed by atoms with Gasteiger partial charge in [0, 0.05) is 13.2 Å². The van der Waals surface area contributed by atoms with E-state index in [-0.39, 0.29) is 15.7 Å². The minimum absolute atomic E-state index is 0.161. The first kappa shape index (κ1) is 16.6. The topological polar surface area (TPSA) is 57.6 Å². The molecule has 0 amide bonds. The highest BCUT2D eigenvalue weighted by Crippen LogP contribution is 2.28. The van der Waals surface area contributed by atoms with E-state index < -0.39 is 6.43 Å².